The summed E-state index contributed by atoms with van der Waals surface area (Å²) in [6.07, 6.45) is 9.54. The van der Waals surface area contributed by atoms with Crippen LogP contribution in [0.3, 0.4) is 0 Å². The lowest BCUT2D eigenvalue weighted by Crippen LogP contribution is -2.35. The van der Waals surface area contributed by atoms with E-state index in [1.54, 1.807) is 11.3 Å². The molecule has 1 heterocycles. The van der Waals surface area contributed by atoms with Gasteiger partial charge in [0.05, 0.1) is 4.34 Å². The molecule has 112 valence electrons. The Bertz CT molecular complexity index is 460. The van der Waals surface area contributed by atoms with E-state index in [-0.39, 0.29) is 0 Å². The molecule has 0 amide bonds. The average molecular weight is 312 g/mol. The highest BCUT2D eigenvalue weighted by Gasteiger charge is 2.35. The summed E-state index contributed by atoms with van der Waals surface area (Å²) in [7, 11) is 0. The third-order valence-electron chi connectivity index (χ3n) is 5.08. The maximum absolute atomic E-state index is 6.16. The molecule has 20 heavy (non-hydrogen) atoms. The van der Waals surface area contributed by atoms with Crippen LogP contribution in [0.5, 0.6) is 0 Å². The first-order valence-electron chi connectivity index (χ1n) is 8.09. The van der Waals surface area contributed by atoms with Crippen LogP contribution >= 0.6 is 22.9 Å². The largest absolute Gasteiger partial charge is 0.309 e. The SMILES string of the molecule is CC(C)CC1(CNC2CCc3sc(Cl)cc32)CCCC1. The summed E-state index contributed by atoms with van der Waals surface area (Å²) in [5.74, 6) is 0.810. The second-order valence-corrected chi connectivity index (χ2v) is 8.97. The van der Waals surface area contributed by atoms with Crippen molar-refractivity contribution in [2.24, 2.45) is 11.3 Å². The number of aryl methyl sites for hydroxylation is 1. The summed E-state index contributed by atoms with van der Waals surface area (Å²) in [5, 5.41) is 3.89. The van der Waals surface area contributed by atoms with Crippen LogP contribution in [0.15, 0.2) is 6.07 Å². The van der Waals surface area contributed by atoms with E-state index in [4.69, 9.17) is 11.6 Å². The molecule has 1 atom stereocenters. The molecule has 1 aromatic heterocycles. The third kappa shape index (κ3) is 3.08. The molecule has 2 aliphatic carbocycles. The standard InChI is InChI=1S/C17H26ClNS/c1-12(2)10-17(7-3-4-8-17)11-19-14-5-6-15-13(14)9-16(18)20-15/h9,12,14,19H,3-8,10-11H2,1-2H3. The van der Waals surface area contributed by atoms with Crippen LogP contribution in [0.25, 0.3) is 0 Å². The smallest absolute Gasteiger partial charge is 0.0934 e. The number of rotatable bonds is 5. The molecule has 1 fully saturated rings. The van der Waals surface area contributed by atoms with Gasteiger partial charge in [0.25, 0.3) is 0 Å². The van der Waals surface area contributed by atoms with Crippen molar-refractivity contribution in [1.29, 1.82) is 0 Å². The van der Waals surface area contributed by atoms with E-state index in [0.29, 0.717) is 11.5 Å². The van der Waals surface area contributed by atoms with E-state index >= 15 is 0 Å². The highest BCUT2D eigenvalue weighted by molar-refractivity contribution is 7.16. The predicted molar refractivity (Wildman–Crippen MR) is 88.7 cm³/mol. The van der Waals surface area contributed by atoms with E-state index in [1.807, 2.05) is 0 Å². The Balaban J connectivity index is 1.63. The first-order chi connectivity index (χ1) is 9.58. The van der Waals surface area contributed by atoms with Crippen molar-refractivity contribution in [3.63, 3.8) is 0 Å². The lowest BCUT2D eigenvalue weighted by atomic mass is 9.78. The normalized spacial score (nSPS) is 24.5. The topological polar surface area (TPSA) is 12.0 Å². The second-order valence-electron chi connectivity index (χ2n) is 7.21. The van der Waals surface area contributed by atoms with Crippen molar-refractivity contribution in [2.45, 2.75) is 64.8 Å². The van der Waals surface area contributed by atoms with Crippen molar-refractivity contribution >= 4 is 22.9 Å². The van der Waals surface area contributed by atoms with Crippen LogP contribution in [0.2, 0.25) is 4.34 Å². The summed E-state index contributed by atoms with van der Waals surface area (Å²) in [4.78, 5) is 1.51. The molecule has 3 rings (SSSR count). The maximum Gasteiger partial charge on any atom is 0.0934 e. The molecule has 0 aromatic carbocycles. The predicted octanol–water partition coefficient (Wildman–Crippen LogP) is 5.58. The molecule has 1 N–H and O–H groups in total. The molecule has 0 bridgehead atoms. The van der Waals surface area contributed by atoms with E-state index in [2.05, 4.69) is 25.2 Å². The fraction of sp³-hybridized carbons (Fsp3) is 0.765. The van der Waals surface area contributed by atoms with Gasteiger partial charge in [-0.3, -0.25) is 0 Å². The summed E-state index contributed by atoms with van der Waals surface area (Å²) in [5.41, 5.74) is 2.05. The zero-order valence-corrected chi connectivity index (χ0v) is 14.2. The van der Waals surface area contributed by atoms with Gasteiger partial charge in [-0.2, -0.15) is 0 Å². The van der Waals surface area contributed by atoms with Crippen LogP contribution in [0.1, 0.15) is 68.9 Å². The molecule has 0 spiro atoms. The minimum atomic E-state index is 0.554. The quantitative estimate of drug-likeness (QED) is 0.748. The Morgan fingerprint density at radius 1 is 1.40 bits per heavy atom. The van der Waals surface area contributed by atoms with Crippen molar-refractivity contribution in [1.82, 2.24) is 5.32 Å². The molecule has 0 aliphatic heterocycles. The molecule has 2 aliphatic rings. The molecular weight excluding hydrogens is 286 g/mol. The van der Waals surface area contributed by atoms with Crippen LogP contribution in [0.4, 0.5) is 0 Å². The molecule has 1 saturated carbocycles. The van der Waals surface area contributed by atoms with Crippen molar-refractivity contribution in [2.75, 3.05) is 6.54 Å². The Hall–Kier alpha value is -0.0500. The van der Waals surface area contributed by atoms with Crippen molar-refractivity contribution < 1.29 is 0 Å². The lowest BCUT2D eigenvalue weighted by Gasteiger charge is -2.32. The first-order valence-corrected chi connectivity index (χ1v) is 9.29. The van der Waals surface area contributed by atoms with Crippen LogP contribution in [-0.4, -0.2) is 6.54 Å². The molecule has 1 aromatic rings. The van der Waals surface area contributed by atoms with Crippen LogP contribution in [0, 0.1) is 11.3 Å². The number of hydrogen-bond acceptors (Lipinski definition) is 2. The van der Waals surface area contributed by atoms with Gasteiger partial charge in [-0.05, 0) is 55.1 Å². The number of halogens is 1. The van der Waals surface area contributed by atoms with Gasteiger partial charge < -0.3 is 5.32 Å². The highest BCUT2D eigenvalue weighted by Crippen LogP contribution is 2.44. The molecule has 0 radical (unpaired) electrons. The molecular formula is C17H26ClNS. The van der Waals surface area contributed by atoms with Crippen LogP contribution < -0.4 is 5.32 Å². The summed E-state index contributed by atoms with van der Waals surface area (Å²) >= 11 is 7.93. The summed E-state index contributed by atoms with van der Waals surface area (Å²) in [6, 6.07) is 2.74. The van der Waals surface area contributed by atoms with Crippen molar-refractivity contribution in [3.05, 3.63) is 20.8 Å². The number of fused-ring (bicyclic) bond motifs is 1. The van der Waals surface area contributed by atoms with Gasteiger partial charge in [0.1, 0.15) is 0 Å². The van der Waals surface area contributed by atoms with Gasteiger partial charge in [0, 0.05) is 17.5 Å². The Labute approximate surface area is 132 Å². The molecule has 0 saturated heterocycles. The fourth-order valence-corrected chi connectivity index (χ4v) is 5.68. The van der Waals surface area contributed by atoms with Gasteiger partial charge in [-0.25, -0.2) is 0 Å². The van der Waals surface area contributed by atoms with Gasteiger partial charge in [-0.15, -0.1) is 11.3 Å². The highest BCUT2D eigenvalue weighted by atomic mass is 35.5. The van der Waals surface area contributed by atoms with Crippen molar-refractivity contribution in [3.8, 4) is 0 Å². The zero-order valence-electron chi connectivity index (χ0n) is 12.7. The lowest BCUT2D eigenvalue weighted by molar-refractivity contribution is 0.215. The zero-order chi connectivity index (χ0) is 14.2. The molecule has 1 nitrogen and oxygen atoms in total. The Kier molecular flexibility index (Phi) is 4.45. The van der Waals surface area contributed by atoms with E-state index in [9.17, 15) is 0 Å². The van der Waals surface area contributed by atoms with Gasteiger partial charge in [0.15, 0.2) is 0 Å². The van der Waals surface area contributed by atoms with E-state index < -0.39 is 0 Å². The second kappa shape index (κ2) is 5.98. The maximum atomic E-state index is 6.16. The Morgan fingerprint density at radius 2 is 2.15 bits per heavy atom. The van der Waals surface area contributed by atoms with Gasteiger partial charge in [0.2, 0.25) is 0 Å². The van der Waals surface area contributed by atoms with Crippen LogP contribution in [-0.2, 0) is 6.42 Å². The summed E-state index contributed by atoms with van der Waals surface area (Å²) < 4.78 is 0.958. The monoisotopic (exact) mass is 311 g/mol. The average Bonchev–Trinajstić information content (AvgIpc) is 3.03. The number of hydrogen-bond donors (Lipinski definition) is 1. The fourth-order valence-electron chi connectivity index (χ4n) is 4.33. The summed E-state index contributed by atoms with van der Waals surface area (Å²) in [6.45, 7) is 5.93. The van der Waals surface area contributed by atoms with Gasteiger partial charge in [-0.1, -0.05) is 38.3 Å². The van der Waals surface area contributed by atoms with Gasteiger partial charge >= 0.3 is 0 Å². The Morgan fingerprint density at radius 3 is 2.85 bits per heavy atom. The first kappa shape index (κ1) is 14.9. The third-order valence-corrected chi connectivity index (χ3v) is 6.42. The minimum Gasteiger partial charge on any atom is -0.309 e. The van der Waals surface area contributed by atoms with E-state index in [1.165, 1.54) is 61.9 Å². The molecule has 1 unspecified atom stereocenters. The van der Waals surface area contributed by atoms with E-state index in [0.717, 1.165) is 10.3 Å². The number of thiophene rings is 1. The minimum absolute atomic E-state index is 0.554. The molecule has 3 heteroatoms. The number of nitrogens with one attached hydrogen (secondary N) is 1.